The monoisotopic (exact) mass is 688 g/mol. The molecular weight excluding hydrogens is 662 g/mol. The van der Waals surface area contributed by atoms with Crippen LogP contribution in [0.1, 0.15) is 18.1 Å². The van der Waals surface area contributed by atoms with Gasteiger partial charge in [0.1, 0.15) is 42.1 Å². The molecule has 0 aliphatic carbocycles. The van der Waals surface area contributed by atoms with E-state index >= 15 is 0 Å². The second-order valence-corrected chi connectivity index (χ2v) is 13.4. The summed E-state index contributed by atoms with van der Waals surface area (Å²) in [6.07, 6.45) is -10.2. The van der Waals surface area contributed by atoms with Gasteiger partial charge in [0.05, 0.1) is 31.6 Å². The van der Waals surface area contributed by atoms with E-state index in [1.807, 2.05) is 0 Å². The Morgan fingerprint density at radius 3 is 1.89 bits per heavy atom. The molecule has 3 aliphatic rings. The molecule has 0 saturated carbocycles. The smallest absolute Gasteiger partial charge is 0.386 e. The van der Waals surface area contributed by atoms with Gasteiger partial charge in [-0.25, -0.2) is 24.1 Å². The first kappa shape index (κ1) is 31.2. The number of ether oxygens (including phenoxy) is 2. The van der Waals surface area contributed by atoms with Gasteiger partial charge >= 0.3 is 15.6 Å². The van der Waals surface area contributed by atoms with E-state index in [4.69, 9.17) is 39.0 Å². The zero-order chi connectivity index (χ0) is 32.7. The van der Waals surface area contributed by atoms with Crippen LogP contribution in [0, 0.1) is 6.92 Å². The van der Waals surface area contributed by atoms with E-state index in [-0.39, 0.29) is 28.7 Å². The second kappa shape index (κ2) is 11.1. The minimum absolute atomic E-state index is 0.0931. The Morgan fingerprint density at radius 2 is 1.35 bits per heavy atom. The highest BCUT2D eigenvalue weighted by Gasteiger charge is 2.54. The lowest BCUT2D eigenvalue weighted by molar-refractivity contribution is -0.0664. The van der Waals surface area contributed by atoms with E-state index in [0.29, 0.717) is 11.2 Å². The number of phosphoric ester groups is 2. The van der Waals surface area contributed by atoms with Crippen molar-refractivity contribution in [3.63, 3.8) is 0 Å². The van der Waals surface area contributed by atoms with Crippen molar-refractivity contribution in [2.45, 2.75) is 56.0 Å². The number of hydrogen-bond donors (Lipinski definition) is 7. The summed E-state index contributed by atoms with van der Waals surface area (Å²) in [7, 11) is -10.1. The van der Waals surface area contributed by atoms with Gasteiger partial charge in [-0.2, -0.15) is 9.97 Å². The van der Waals surface area contributed by atoms with Crippen LogP contribution in [0.15, 0.2) is 17.4 Å². The SMILES string of the molecule is Cc1nc(N)nc2c1ncn2[C@@H]1O[C@H]2COP(=O)(O)O[C@@H]3C(O)[C@H](n4cnc5c(=O)[nH]c(N)nc54)O[C@H]3COP(=O)(O)O[C@@H]2C1O. The number of H-pyrrole nitrogens is 1. The number of aliphatic hydroxyl groups excluding tert-OH is 2. The topological polar surface area (TPSA) is 330 Å². The fraction of sp³-hybridized carbons (Fsp3) is 0.524. The highest BCUT2D eigenvalue weighted by Crippen LogP contribution is 2.53. The van der Waals surface area contributed by atoms with E-state index in [0.717, 1.165) is 10.9 Å². The van der Waals surface area contributed by atoms with Crippen molar-refractivity contribution < 1.29 is 56.7 Å². The van der Waals surface area contributed by atoms with E-state index in [2.05, 4.69) is 29.9 Å². The predicted molar refractivity (Wildman–Crippen MR) is 148 cm³/mol. The van der Waals surface area contributed by atoms with Gasteiger partial charge in [-0.15, -0.1) is 0 Å². The maximum Gasteiger partial charge on any atom is 0.472 e. The van der Waals surface area contributed by atoms with Gasteiger partial charge in [-0.1, -0.05) is 0 Å². The number of phosphoric acid groups is 2. The standard InChI is InChI=1S/C21H26N10O13P2/c1-6-9-15(27-20(22)26-6)30(4-24-9)18-11(32)13-7(41-18)2-39-46(37,38)44-14-8(3-40-45(35,36)43-13)42-19(12(14)33)31-5-25-10-16(31)28-21(23)29-17(10)34/h4-5,7-8,11-14,18-19,32-33H,2-3H2,1H3,(H,35,36)(H,37,38)(H2,22,26,27)(H3,23,28,29,34)/t7-,8-,11?,12?,13-,14-,18+,19+/m0/s1. The molecule has 3 fully saturated rings. The van der Waals surface area contributed by atoms with E-state index < -0.39 is 83.5 Å². The number of nitrogens with one attached hydrogen (secondary N) is 1. The Kier molecular flexibility index (Phi) is 7.51. The van der Waals surface area contributed by atoms with Crippen LogP contribution in [0.5, 0.6) is 0 Å². The Labute approximate surface area is 255 Å². The van der Waals surface area contributed by atoms with Crippen LogP contribution in [0.3, 0.4) is 0 Å². The highest BCUT2D eigenvalue weighted by atomic mass is 31.2. The third-order valence-corrected chi connectivity index (χ3v) is 9.51. The Balaban J connectivity index is 1.17. The summed E-state index contributed by atoms with van der Waals surface area (Å²) >= 11 is 0. The fourth-order valence-corrected chi connectivity index (χ4v) is 7.45. The minimum atomic E-state index is -5.06. The third kappa shape index (κ3) is 5.39. The van der Waals surface area contributed by atoms with Gasteiger partial charge in [0, 0.05) is 0 Å². The summed E-state index contributed by atoms with van der Waals surface area (Å²) in [6.45, 7) is -0.0195. The number of rotatable bonds is 2. The molecule has 3 saturated heterocycles. The van der Waals surface area contributed by atoms with Gasteiger partial charge in [-0.3, -0.25) is 37.0 Å². The molecule has 0 aromatic carbocycles. The second-order valence-electron chi connectivity index (χ2n) is 10.5. The minimum Gasteiger partial charge on any atom is -0.386 e. The Hall–Kier alpha value is -3.44. The molecule has 0 radical (unpaired) electrons. The van der Waals surface area contributed by atoms with Crippen LogP contribution in [0.2, 0.25) is 0 Å². The van der Waals surface area contributed by atoms with E-state index in [1.54, 1.807) is 6.92 Å². The molecular formula is C21H26N10O13P2. The van der Waals surface area contributed by atoms with Crippen LogP contribution in [-0.4, -0.2) is 109 Å². The summed E-state index contributed by atoms with van der Waals surface area (Å²) in [4.78, 5) is 56.0. The van der Waals surface area contributed by atoms with Gasteiger partial charge in [-0.05, 0) is 6.92 Å². The average Bonchev–Trinajstić information content (AvgIpc) is 3.72. The van der Waals surface area contributed by atoms with Gasteiger partial charge < -0.3 is 40.9 Å². The van der Waals surface area contributed by atoms with Crippen LogP contribution in [-0.2, 0) is 36.7 Å². The molecule has 9 N–H and O–H groups in total. The number of aromatic amines is 1. The Morgan fingerprint density at radius 1 is 0.848 bits per heavy atom. The maximum absolute atomic E-state index is 13.1. The van der Waals surface area contributed by atoms with E-state index in [9.17, 15) is 33.9 Å². The number of aromatic nitrogens is 8. The van der Waals surface area contributed by atoms with Crippen molar-refractivity contribution in [2.75, 3.05) is 24.7 Å². The van der Waals surface area contributed by atoms with Crippen LogP contribution < -0.4 is 17.0 Å². The lowest BCUT2D eigenvalue weighted by Gasteiger charge is -2.27. The number of fused-ring (bicyclic) bond motifs is 4. The van der Waals surface area contributed by atoms with E-state index in [1.165, 1.54) is 10.9 Å². The van der Waals surface area contributed by atoms with Crippen molar-refractivity contribution in [3.05, 3.63) is 28.7 Å². The zero-order valence-electron chi connectivity index (χ0n) is 23.3. The number of aryl methyl sites for hydroxylation is 1. The number of nitrogen functional groups attached to an aromatic ring is 2. The summed E-state index contributed by atoms with van der Waals surface area (Å²) in [5, 5.41) is 22.3. The number of imidazole rings is 2. The summed E-state index contributed by atoms with van der Waals surface area (Å²) in [5.74, 6) is -0.361. The first-order valence-corrected chi connectivity index (χ1v) is 16.4. The van der Waals surface area contributed by atoms with Crippen LogP contribution in [0.4, 0.5) is 11.9 Å². The normalized spacial score (nSPS) is 37.2. The molecule has 248 valence electrons. The maximum atomic E-state index is 13.1. The number of aliphatic hydroxyl groups is 2. The molecule has 10 atom stereocenters. The van der Waals surface area contributed by atoms with Crippen molar-refractivity contribution in [2.24, 2.45) is 0 Å². The molecule has 0 spiro atoms. The summed E-state index contributed by atoms with van der Waals surface area (Å²) in [6, 6.07) is 0. The number of nitrogens with two attached hydrogens (primary N) is 2. The summed E-state index contributed by atoms with van der Waals surface area (Å²) < 4.78 is 61.1. The quantitative estimate of drug-likeness (QED) is 0.112. The number of anilines is 2. The molecule has 25 heteroatoms. The van der Waals surface area contributed by atoms with Crippen LogP contribution in [0.25, 0.3) is 22.3 Å². The third-order valence-electron chi connectivity index (χ3n) is 7.54. The first-order valence-electron chi connectivity index (χ1n) is 13.4. The lowest BCUT2D eigenvalue weighted by Crippen LogP contribution is -2.39. The zero-order valence-corrected chi connectivity index (χ0v) is 25.1. The first-order chi connectivity index (χ1) is 21.7. The number of nitrogens with zero attached hydrogens (tertiary/aromatic N) is 7. The van der Waals surface area contributed by atoms with Gasteiger partial charge in [0.15, 0.2) is 29.3 Å². The average molecular weight is 688 g/mol. The molecule has 0 bridgehead atoms. The number of hydrogen-bond acceptors (Lipinski definition) is 18. The lowest BCUT2D eigenvalue weighted by atomic mass is 10.1. The predicted octanol–water partition coefficient (Wildman–Crippen LogP) is -2.03. The molecule has 7 rings (SSSR count). The van der Waals surface area contributed by atoms with Gasteiger partial charge in [0.2, 0.25) is 11.9 Å². The molecule has 0 amide bonds. The van der Waals surface area contributed by atoms with Gasteiger partial charge in [0.25, 0.3) is 5.56 Å². The Bertz CT molecular complexity index is 1990. The fourth-order valence-electron chi connectivity index (χ4n) is 5.53. The van der Waals surface area contributed by atoms with Crippen LogP contribution >= 0.6 is 15.6 Å². The molecule has 4 aromatic heterocycles. The highest BCUT2D eigenvalue weighted by molar-refractivity contribution is 7.47. The molecule has 4 unspecified atom stereocenters. The molecule has 23 nitrogen and oxygen atoms in total. The van der Waals surface area contributed by atoms with Crippen molar-refractivity contribution in [1.29, 1.82) is 0 Å². The largest absolute Gasteiger partial charge is 0.472 e. The summed E-state index contributed by atoms with van der Waals surface area (Å²) in [5.41, 5.74) is 11.4. The molecule has 3 aliphatic heterocycles. The molecule has 46 heavy (non-hydrogen) atoms. The van der Waals surface area contributed by atoms with Crippen molar-refractivity contribution in [1.82, 2.24) is 39.0 Å². The molecule has 7 heterocycles. The van der Waals surface area contributed by atoms with Crippen molar-refractivity contribution >= 4 is 49.9 Å². The molecule has 4 aromatic rings. The van der Waals surface area contributed by atoms with Crippen molar-refractivity contribution in [3.8, 4) is 0 Å².